The summed E-state index contributed by atoms with van der Waals surface area (Å²) in [6.07, 6.45) is 0. The van der Waals surface area contributed by atoms with Crippen molar-refractivity contribution in [1.29, 1.82) is 0 Å². The van der Waals surface area contributed by atoms with Gasteiger partial charge < -0.3 is 0 Å². The zero-order valence-corrected chi connectivity index (χ0v) is 8.74. The van der Waals surface area contributed by atoms with E-state index in [4.69, 9.17) is 0 Å². The molecule has 0 aromatic carbocycles. The maximum atomic E-state index is 4.11. The van der Waals surface area contributed by atoms with Gasteiger partial charge in [0.25, 0.3) is 0 Å². The first-order chi connectivity index (χ1) is 4.11. The first-order valence-corrected chi connectivity index (χ1v) is 9.04. The first kappa shape index (κ1) is 7.39. The summed E-state index contributed by atoms with van der Waals surface area (Å²) in [4.78, 5) is 3.94. The van der Waals surface area contributed by atoms with Crippen molar-refractivity contribution in [3.05, 3.63) is 0 Å². The maximum absolute atomic E-state index is 4.11. The lowest BCUT2D eigenvalue weighted by atomic mass is 11.6. The van der Waals surface area contributed by atoms with E-state index < -0.39 is 8.07 Å². The summed E-state index contributed by atoms with van der Waals surface area (Å²) >= 11 is 0. The van der Waals surface area contributed by atoms with Crippen LogP contribution < -0.4 is 5.05 Å². The molecule has 0 aliphatic heterocycles. The highest BCUT2D eigenvalue weighted by atomic mass is 31.8. The highest BCUT2D eigenvalue weighted by Gasteiger charge is 2.18. The molecule has 0 bridgehead atoms. The van der Waals surface area contributed by atoms with Crippen LogP contribution in [-0.2, 0) is 0 Å². The monoisotopic (exact) mass is 176 g/mol. The van der Waals surface area contributed by atoms with E-state index in [-0.39, 0.29) is 0 Å². The fourth-order valence-corrected chi connectivity index (χ4v) is 6.86. The van der Waals surface area contributed by atoms with Gasteiger partial charge in [-0.3, -0.25) is 0 Å². The summed E-state index contributed by atoms with van der Waals surface area (Å²) in [6.45, 7) is 6.94. The molecule has 1 aromatic heterocycles. The fraction of sp³-hybridized carbons (Fsp3) is 0.750. The lowest BCUT2D eigenvalue weighted by Crippen LogP contribution is -2.36. The molecule has 0 aliphatic rings. The summed E-state index contributed by atoms with van der Waals surface area (Å²) < 4.78 is 0. The van der Waals surface area contributed by atoms with E-state index in [2.05, 4.69) is 29.6 Å². The van der Waals surface area contributed by atoms with Gasteiger partial charge in [0.2, 0.25) is 0 Å². The standard InChI is InChI=1S/C4H10N2P2Si/c1-9(2,3)4-5-6-8-7-4/h7H,1-3H3. The van der Waals surface area contributed by atoms with E-state index in [1.54, 1.807) is 0 Å². The predicted octanol–water partition coefficient (Wildman–Crippen LogP) is 1.63. The molecule has 9 heavy (non-hydrogen) atoms. The predicted molar refractivity (Wildman–Crippen MR) is 47.0 cm³/mol. The van der Waals surface area contributed by atoms with Crippen molar-refractivity contribution in [2.24, 2.45) is 0 Å². The molecule has 1 rings (SSSR count). The van der Waals surface area contributed by atoms with Gasteiger partial charge in [-0.05, 0) is 0 Å². The molecule has 1 atom stereocenters. The minimum absolute atomic E-state index is 0.868. The fourth-order valence-electron chi connectivity index (χ4n) is 0.477. The van der Waals surface area contributed by atoms with Gasteiger partial charge >= 0.3 is 0 Å². The van der Waals surface area contributed by atoms with Gasteiger partial charge in [-0.1, -0.05) is 27.5 Å². The Morgan fingerprint density at radius 1 is 1.44 bits per heavy atom. The number of nitrogens with zero attached hydrogens (tertiary/aromatic N) is 2. The van der Waals surface area contributed by atoms with Crippen LogP contribution in [0.2, 0.25) is 19.6 Å². The Bertz CT molecular complexity index is 179. The van der Waals surface area contributed by atoms with Gasteiger partial charge in [0.05, 0.1) is 13.1 Å². The van der Waals surface area contributed by atoms with Gasteiger partial charge in [-0.15, -0.1) is 4.86 Å². The van der Waals surface area contributed by atoms with E-state index in [1.165, 1.54) is 13.1 Å². The summed E-state index contributed by atoms with van der Waals surface area (Å²) in [5, 5.41) is 5.50. The molecule has 0 aliphatic carbocycles. The Morgan fingerprint density at radius 3 is 2.33 bits per heavy atom. The zero-order chi connectivity index (χ0) is 6.91. The zero-order valence-electron chi connectivity index (χ0n) is 5.84. The maximum Gasteiger partial charge on any atom is 0.109 e. The molecular formula is C4H10N2P2Si. The minimum atomic E-state index is -1.06. The van der Waals surface area contributed by atoms with Crippen LogP contribution in [0.15, 0.2) is 0 Å². The Morgan fingerprint density at radius 2 is 2.11 bits per heavy atom. The van der Waals surface area contributed by atoms with Crippen molar-refractivity contribution >= 4 is 29.0 Å². The van der Waals surface area contributed by atoms with E-state index in [0.29, 0.717) is 0 Å². The summed E-state index contributed by atoms with van der Waals surface area (Å²) in [5.74, 6) is 0. The van der Waals surface area contributed by atoms with Crippen LogP contribution in [-0.4, -0.2) is 18.0 Å². The van der Waals surface area contributed by atoms with Crippen LogP contribution in [0.5, 0.6) is 0 Å². The second-order valence-electron chi connectivity index (χ2n) is 3.00. The van der Waals surface area contributed by atoms with Crippen LogP contribution in [0.1, 0.15) is 0 Å². The molecule has 50 valence electrons. The molecule has 0 saturated heterocycles. The molecule has 5 heteroatoms. The Labute approximate surface area is 59.2 Å². The number of rotatable bonds is 1. The largest absolute Gasteiger partial charge is 0.152 e. The van der Waals surface area contributed by atoms with Crippen molar-refractivity contribution in [2.45, 2.75) is 19.6 Å². The van der Waals surface area contributed by atoms with Crippen LogP contribution >= 0.6 is 15.9 Å². The Hall–Kier alpha value is 0.287. The third-order valence-electron chi connectivity index (χ3n) is 1.06. The average Bonchev–Trinajstić information content (AvgIpc) is 2.08. The van der Waals surface area contributed by atoms with Gasteiger partial charge in [0, 0.05) is 0 Å². The van der Waals surface area contributed by atoms with Crippen molar-refractivity contribution in [1.82, 2.24) is 9.96 Å². The average molecular weight is 176 g/mol. The van der Waals surface area contributed by atoms with Crippen LogP contribution in [0.3, 0.4) is 0 Å². The minimum Gasteiger partial charge on any atom is -0.152 e. The quantitative estimate of drug-likeness (QED) is 0.608. The van der Waals surface area contributed by atoms with Crippen molar-refractivity contribution in [2.75, 3.05) is 0 Å². The molecule has 0 radical (unpaired) electrons. The highest BCUT2D eigenvalue weighted by Crippen LogP contribution is 2.15. The molecule has 1 aromatic rings. The van der Waals surface area contributed by atoms with Gasteiger partial charge in [0.15, 0.2) is 0 Å². The summed E-state index contributed by atoms with van der Waals surface area (Å²) in [6, 6.07) is 0. The molecule has 0 spiro atoms. The van der Waals surface area contributed by atoms with E-state index in [0.717, 1.165) is 7.87 Å². The third kappa shape index (κ3) is 1.86. The van der Waals surface area contributed by atoms with Crippen LogP contribution in [0.4, 0.5) is 0 Å². The molecule has 0 fully saturated rings. The molecule has 0 amide bonds. The highest BCUT2D eigenvalue weighted by molar-refractivity contribution is 7.91. The molecule has 2 nitrogen and oxygen atoms in total. The summed E-state index contributed by atoms with van der Waals surface area (Å²) in [7, 11) is 0.976. The van der Waals surface area contributed by atoms with Crippen LogP contribution in [0.25, 0.3) is 0 Å². The van der Waals surface area contributed by atoms with Crippen molar-refractivity contribution in [3.8, 4) is 0 Å². The lowest BCUT2D eigenvalue weighted by Gasteiger charge is -2.09. The van der Waals surface area contributed by atoms with E-state index >= 15 is 0 Å². The van der Waals surface area contributed by atoms with Gasteiger partial charge in [-0.25, -0.2) is 0 Å². The Kier molecular flexibility index (Phi) is 2.05. The molecule has 0 N–H and O–H groups in total. The SMILES string of the molecule is C[Si](C)(C)c1nnp[pH]1. The number of hydrogen-bond donors (Lipinski definition) is 0. The number of hydrogen-bond acceptors (Lipinski definition) is 2. The Balaban J connectivity index is 2.90. The normalized spacial score (nSPS) is 13.7. The smallest absolute Gasteiger partial charge is 0.109 e. The van der Waals surface area contributed by atoms with Crippen molar-refractivity contribution < 1.29 is 0 Å². The second kappa shape index (κ2) is 2.49. The van der Waals surface area contributed by atoms with E-state index in [1.807, 2.05) is 0 Å². The molecule has 0 saturated carbocycles. The van der Waals surface area contributed by atoms with Crippen LogP contribution in [0, 0.1) is 0 Å². The first-order valence-electron chi connectivity index (χ1n) is 2.85. The third-order valence-corrected chi connectivity index (χ3v) is 7.63. The molecule has 1 heterocycles. The topological polar surface area (TPSA) is 25.8 Å². The van der Waals surface area contributed by atoms with Crippen molar-refractivity contribution in [3.63, 3.8) is 0 Å². The second-order valence-corrected chi connectivity index (χ2v) is 10.8. The van der Waals surface area contributed by atoms with Gasteiger partial charge in [0.1, 0.15) is 8.07 Å². The molecular weight excluding hydrogens is 166 g/mol. The molecule has 1 unspecified atom stereocenters. The van der Waals surface area contributed by atoms with E-state index in [9.17, 15) is 0 Å². The summed E-state index contributed by atoms with van der Waals surface area (Å²) in [5.41, 5.74) is 0. The number of aromatic nitrogens is 2. The van der Waals surface area contributed by atoms with Gasteiger partial charge in [-0.2, -0.15) is 5.10 Å². The lowest BCUT2D eigenvalue weighted by molar-refractivity contribution is 1.19.